The molecule has 0 saturated carbocycles. The lowest BCUT2D eigenvalue weighted by atomic mass is 10.2. The Bertz CT molecular complexity index is 448. The quantitative estimate of drug-likeness (QED) is 0.328. The van der Waals surface area contributed by atoms with Gasteiger partial charge in [-0.25, -0.2) is 0 Å². The average molecular weight is 239 g/mol. The summed E-state index contributed by atoms with van der Waals surface area (Å²) in [5, 5.41) is 13.6. The predicted octanol–water partition coefficient (Wildman–Crippen LogP) is 0.166. The zero-order chi connectivity index (χ0) is 13.0. The summed E-state index contributed by atoms with van der Waals surface area (Å²) in [5.74, 6) is 4.57. The van der Waals surface area contributed by atoms with Crippen molar-refractivity contribution >= 4 is 23.0 Å². The second-order valence-electron chi connectivity index (χ2n) is 3.37. The van der Waals surface area contributed by atoms with E-state index in [1.54, 1.807) is 6.07 Å². The molecule has 1 atom stereocenters. The smallest absolute Gasteiger partial charge is 0.316 e. The maximum Gasteiger partial charge on any atom is 0.316 e. The maximum absolute atomic E-state index is 10.9. The van der Waals surface area contributed by atoms with E-state index >= 15 is 0 Å². The first-order valence-corrected chi connectivity index (χ1v) is 4.77. The van der Waals surface area contributed by atoms with E-state index < -0.39 is 16.9 Å². The highest BCUT2D eigenvalue weighted by atomic mass is 16.6. The van der Waals surface area contributed by atoms with Crippen LogP contribution in [0.5, 0.6) is 0 Å². The normalized spacial score (nSPS) is 11.6. The summed E-state index contributed by atoms with van der Waals surface area (Å²) >= 11 is 0. The Kier molecular flexibility index (Phi) is 3.83. The zero-order valence-corrected chi connectivity index (χ0v) is 9.14. The number of hydrogen-bond donors (Lipinski definition) is 4. The van der Waals surface area contributed by atoms with Crippen molar-refractivity contribution in [1.29, 1.82) is 0 Å². The van der Waals surface area contributed by atoms with E-state index in [4.69, 9.17) is 11.6 Å². The number of nitrogens with zero attached hydrogens (tertiary/aromatic N) is 1. The first-order chi connectivity index (χ1) is 7.97. The van der Waals surface area contributed by atoms with Gasteiger partial charge in [0.25, 0.3) is 0 Å². The standard InChI is InChI=1S/C9H13N5O3/c1-5(9(10)15)12-6-3-2-4-7(13-11)8(6)14(16)17/h2-5,12-13H,11H2,1H3,(H2,10,15). The first-order valence-electron chi connectivity index (χ1n) is 4.77. The molecule has 0 aliphatic carbocycles. The van der Waals surface area contributed by atoms with Gasteiger partial charge in [-0.15, -0.1) is 0 Å². The van der Waals surface area contributed by atoms with Crippen LogP contribution < -0.4 is 22.3 Å². The van der Waals surface area contributed by atoms with Crippen molar-refractivity contribution in [2.45, 2.75) is 13.0 Å². The molecule has 17 heavy (non-hydrogen) atoms. The monoisotopic (exact) mass is 239 g/mol. The number of rotatable bonds is 5. The van der Waals surface area contributed by atoms with Crippen LogP contribution >= 0.6 is 0 Å². The van der Waals surface area contributed by atoms with Gasteiger partial charge in [0, 0.05) is 0 Å². The Balaban J connectivity index is 3.14. The summed E-state index contributed by atoms with van der Waals surface area (Å²) in [6, 6.07) is 3.77. The number of benzene rings is 1. The molecule has 6 N–H and O–H groups in total. The molecular weight excluding hydrogens is 226 g/mol. The van der Waals surface area contributed by atoms with Crippen LogP contribution in [0.4, 0.5) is 17.1 Å². The number of nitro groups is 1. The van der Waals surface area contributed by atoms with E-state index in [0.29, 0.717) is 0 Å². The Hall–Kier alpha value is -2.35. The first kappa shape index (κ1) is 12.7. The van der Waals surface area contributed by atoms with Crippen molar-refractivity contribution < 1.29 is 9.72 Å². The molecule has 0 radical (unpaired) electrons. The molecule has 92 valence electrons. The van der Waals surface area contributed by atoms with E-state index in [-0.39, 0.29) is 17.1 Å². The number of para-hydroxylation sites is 1. The zero-order valence-electron chi connectivity index (χ0n) is 9.14. The molecule has 1 unspecified atom stereocenters. The topological polar surface area (TPSA) is 136 Å². The van der Waals surface area contributed by atoms with Crippen LogP contribution in [0.2, 0.25) is 0 Å². The largest absolute Gasteiger partial charge is 0.368 e. The predicted molar refractivity (Wildman–Crippen MR) is 63.2 cm³/mol. The Morgan fingerprint density at radius 1 is 1.47 bits per heavy atom. The van der Waals surface area contributed by atoms with Gasteiger partial charge >= 0.3 is 5.69 Å². The van der Waals surface area contributed by atoms with Crippen molar-refractivity contribution in [2.24, 2.45) is 11.6 Å². The van der Waals surface area contributed by atoms with Gasteiger partial charge in [0.1, 0.15) is 17.4 Å². The lowest BCUT2D eigenvalue weighted by Crippen LogP contribution is -2.32. The summed E-state index contributed by atoms with van der Waals surface area (Å²) in [4.78, 5) is 21.2. The number of carbonyl (C=O) groups is 1. The fraction of sp³-hybridized carbons (Fsp3) is 0.222. The fourth-order valence-corrected chi connectivity index (χ4v) is 1.28. The molecule has 0 fully saturated rings. The van der Waals surface area contributed by atoms with Crippen LogP contribution in [-0.2, 0) is 4.79 Å². The van der Waals surface area contributed by atoms with Crippen molar-refractivity contribution in [3.05, 3.63) is 28.3 Å². The van der Waals surface area contributed by atoms with Crippen LogP contribution in [0.15, 0.2) is 18.2 Å². The number of nitrogen functional groups attached to an aromatic ring is 1. The Labute approximate surface area is 97.1 Å². The number of nitrogens with one attached hydrogen (secondary N) is 2. The van der Waals surface area contributed by atoms with Gasteiger partial charge in [-0.1, -0.05) is 6.07 Å². The van der Waals surface area contributed by atoms with Gasteiger partial charge in [-0.2, -0.15) is 0 Å². The summed E-state index contributed by atoms with van der Waals surface area (Å²) in [7, 11) is 0. The Morgan fingerprint density at radius 2 is 2.06 bits per heavy atom. The number of primary amides is 1. The third-order valence-corrected chi connectivity index (χ3v) is 2.17. The SMILES string of the molecule is CC(Nc1cccc(NN)c1[N+](=O)[O-])C(N)=O. The summed E-state index contributed by atoms with van der Waals surface area (Å²) in [6.45, 7) is 1.51. The number of hydrazine groups is 1. The summed E-state index contributed by atoms with van der Waals surface area (Å²) in [6.07, 6.45) is 0. The van der Waals surface area contributed by atoms with Crippen molar-refractivity contribution in [2.75, 3.05) is 10.7 Å². The highest BCUT2D eigenvalue weighted by molar-refractivity contribution is 5.85. The molecule has 1 amide bonds. The molecule has 8 heteroatoms. The van der Waals surface area contributed by atoms with Gasteiger partial charge < -0.3 is 16.5 Å². The van der Waals surface area contributed by atoms with Crippen molar-refractivity contribution in [1.82, 2.24) is 0 Å². The third-order valence-electron chi connectivity index (χ3n) is 2.17. The van der Waals surface area contributed by atoms with E-state index in [1.807, 2.05) is 0 Å². The number of hydrogen-bond acceptors (Lipinski definition) is 6. The number of nitro benzene ring substituents is 1. The minimum Gasteiger partial charge on any atom is -0.368 e. The maximum atomic E-state index is 10.9. The van der Waals surface area contributed by atoms with Gasteiger partial charge in [-0.05, 0) is 19.1 Å². The molecule has 0 heterocycles. The van der Waals surface area contributed by atoms with Crippen LogP contribution in [0.1, 0.15) is 6.92 Å². The summed E-state index contributed by atoms with van der Waals surface area (Å²) < 4.78 is 0. The number of nitrogens with two attached hydrogens (primary N) is 2. The lowest BCUT2D eigenvalue weighted by molar-refractivity contribution is -0.383. The molecule has 0 saturated heterocycles. The lowest BCUT2D eigenvalue weighted by Gasteiger charge is -2.13. The van der Waals surface area contributed by atoms with Crippen molar-refractivity contribution in [3.8, 4) is 0 Å². The van der Waals surface area contributed by atoms with E-state index in [9.17, 15) is 14.9 Å². The van der Waals surface area contributed by atoms with Gasteiger partial charge in [0.2, 0.25) is 5.91 Å². The minimum absolute atomic E-state index is 0.150. The molecule has 0 spiro atoms. The number of carbonyl (C=O) groups excluding carboxylic acids is 1. The fourth-order valence-electron chi connectivity index (χ4n) is 1.28. The van der Waals surface area contributed by atoms with Crippen LogP contribution in [0.25, 0.3) is 0 Å². The number of anilines is 2. The molecule has 0 aliphatic rings. The molecule has 0 aliphatic heterocycles. The highest BCUT2D eigenvalue weighted by Gasteiger charge is 2.21. The molecule has 1 aromatic carbocycles. The molecule has 0 bridgehead atoms. The molecule has 1 aromatic rings. The second kappa shape index (κ2) is 5.12. The van der Waals surface area contributed by atoms with Gasteiger partial charge in [0.05, 0.1) is 4.92 Å². The number of amides is 1. The second-order valence-corrected chi connectivity index (χ2v) is 3.37. The van der Waals surface area contributed by atoms with Crippen LogP contribution in [0, 0.1) is 10.1 Å². The molecule has 0 aromatic heterocycles. The molecular formula is C9H13N5O3. The van der Waals surface area contributed by atoms with Crippen LogP contribution in [-0.4, -0.2) is 16.9 Å². The third kappa shape index (κ3) is 2.82. The van der Waals surface area contributed by atoms with E-state index in [1.165, 1.54) is 19.1 Å². The van der Waals surface area contributed by atoms with E-state index in [2.05, 4.69) is 10.7 Å². The molecule has 8 nitrogen and oxygen atoms in total. The van der Waals surface area contributed by atoms with Gasteiger partial charge in [-0.3, -0.25) is 20.8 Å². The summed E-state index contributed by atoms with van der Waals surface area (Å²) in [5.41, 5.74) is 7.38. The average Bonchev–Trinajstić information content (AvgIpc) is 2.27. The van der Waals surface area contributed by atoms with Gasteiger partial charge in [0.15, 0.2) is 0 Å². The van der Waals surface area contributed by atoms with Crippen molar-refractivity contribution in [3.63, 3.8) is 0 Å². The van der Waals surface area contributed by atoms with E-state index in [0.717, 1.165) is 0 Å². The molecule has 1 rings (SSSR count). The minimum atomic E-state index is -0.721. The Morgan fingerprint density at radius 3 is 2.53 bits per heavy atom. The highest BCUT2D eigenvalue weighted by Crippen LogP contribution is 2.32. The van der Waals surface area contributed by atoms with Crippen LogP contribution in [0.3, 0.4) is 0 Å².